The molecule has 1 N–H and O–H groups in total. The first-order valence-electron chi connectivity index (χ1n) is 5.65. The smallest absolute Gasteiger partial charge is 0.254 e. The molecule has 1 aromatic rings. The van der Waals surface area contributed by atoms with Gasteiger partial charge >= 0.3 is 0 Å². The van der Waals surface area contributed by atoms with E-state index in [0.29, 0.717) is 18.7 Å². The number of methoxy groups -OCH3 is 1. The number of aromatic hydroxyl groups is 1. The molecule has 94 valence electrons. The van der Waals surface area contributed by atoms with Crippen LogP contribution in [-0.4, -0.2) is 42.2 Å². The molecule has 0 heterocycles. The van der Waals surface area contributed by atoms with Crippen LogP contribution in [0.25, 0.3) is 0 Å². The van der Waals surface area contributed by atoms with Crippen molar-refractivity contribution in [2.45, 2.75) is 19.9 Å². The van der Waals surface area contributed by atoms with E-state index in [1.165, 1.54) is 12.1 Å². The SMILES string of the molecule is COCCN(C(=O)c1ccc(O)cc1)C(C)C. The Bertz CT molecular complexity index is 359. The monoisotopic (exact) mass is 237 g/mol. The molecule has 1 aromatic carbocycles. The van der Waals surface area contributed by atoms with E-state index in [2.05, 4.69) is 0 Å². The van der Waals surface area contributed by atoms with Crippen molar-refractivity contribution < 1.29 is 14.6 Å². The third kappa shape index (κ3) is 3.75. The quantitative estimate of drug-likeness (QED) is 0.850. The van der Waals surface area contributed by atoms with E-state index in [4.69, 9.17) is 4.74 Å². The first kappa shape index (κ1) is 13.5. The Morgan fingerprint density at radius 2 is 1.94 bits per heavy atom. The zero-order valence-electron chi connectivity index (χ0n) is 10.5. The van der Waals surface area contributed by atoms with Crippen LogP contribution in [0.3, 0.4) is 0 Å². The minimum absolute atomic E-state index is 0.0444. The summed E-state index contributed by atoms with van der Waals surface area (Å²) >= 11 is 0. The molecular weight excluding hydrogens is 218 g/mol. The van der Waals surface area contributed by atoms with Crippen molar-refractivity contribution in [3.05, 3.63) is 29.8 Å². The van der Waals surface area contributed by atoms with E-state index >= 15 is 0 Å². The number of amides is 1. The van der Waals surface area contributed by atoms with Crippen LogP contribution in [0.4, 0.5) is 0 Å². The maximum atomic E-state index is 12.2. The summed E-state index contributed by atoms with van der Waals surface area (Å²) in [5.41, 5.74) is 0.576. The number of benzene rings is 1. The van der Waals surface area contributed by atoms with Crippen LogP contribution in [0.15, 0.2) is 24.3 Å². The molecule has 0 atom stereocenters. The second-order valence-corrected chi connectivity index (χ2v) is 4.13. The van der Waals surface area contributed by atoms with Crippen molar-refractivity contribution in [1.29, 1.82) is 0 Å². The normalized spacial score (nSPS) is 10.6. The van der Waals surface area contributed by atoms with Gasteiger partial charge in [0.25, 0.3) is 5.91 Å². The summed E-state index contributed by atoms with van der Waals surface area (Å²) in [6.07, 6.45) is 0. The Morgan fingerprint density at radius 3 is 2.41 bits per heavy atom. The lowest BCUT2D eigenvalue weighted by Crippen LogP contribution is -2.39. The van der Waals surface area contributed by atoms with Gasteiger partial charge in [-0.05, 0) is 38.1 Å². The lowest BCUT2D eigenvalue weighted by molar-refractivity contribution is 0.0635. The number of ether oxygens (including phenoxy) is 1. The number of phenols is 1. The second kappa shape index (κ2) is 6.25. The maximum Gasteiger partial charge on any atom is 0.254 e. The Labute approximate surface area is 102 Å². The zero-order valence-corrected chi connectivity index (χ0v) is 10.5. The van der Waals surface area contributed by atoms with Gasteiger partial charge in [-0.25, -0.2) is 0 Å². The van der Waals surface area contributed by atoms with Gasteiger partial charge in [-0.2, -0.15) is 0 Å². The average molecular weight is 237 g/mol. The fourth-order valence-corrected chi connectivity index (χ4v) is 1.55. The Morgan fingerprint density at radius 1 is 1.35 bits per heavy atom. The van der Waals surface area contributed by atoms with Crippen molar-refractivity contribution in [1.82, 2.24) is 4.90 Å². The van der Waals surface area contributed by atoms with Gasteiger partial charge in [-0.15, -0.1) is 0 Å². The summed E-state index contributed by atoms with van der Waals surface area (Å²) in [5, 5.41) is 9.18. The summed E-state index contributed by atoms with van der Waals surface area (Å²) in [6.45, 7) is 5.01. The van der Waals surface area contributed by atoms with E-state index in [9.17, 15) is 9.90 Å². The fraction of sp³-hybridized carbons (Fsp3) is 0.462. The third-order valence-electron chi connectivity index (χ3n) is 2.53. The number of nitrogens with zero attached hydrogens (tertiary/aromatic N) is 1. The molecule has 0 fully saturated rings. The highest BCUT2D eigenvalue weighted by atomic mass is 16.5. The van der Waals surface area contributed by atoms with E-state index in [1.54, 1.807) is 24.1 Å². The van der Waals surface area contributed by atoms with E-state index in [-0.39, 0.29) is 17.7 Å². The van der Waals surface area contributed by atoms with Crippen LogP contribution < -0.4 is 0 Å². The molecule has 17 heavy (non-hydrogen) atoms. The predicted molar refractivity (Wildman–Crippen MR) is 66.2 cm³/mol. The first-order chi connectivity index (χ1) is 8.06. The van der Waals surface area contributed by atoms with Gasteiger partial charge in [0.1, 0.15) is 5.75 Å². The molecule has 0 unspecified atom stereocenters. The number of carbonyl (C=O) groups is 1. The van der Waals surface area contributed by atoms with Crippen LogP contribution in [0.1, 0.15) is 24.2 Å². The molecule has 4 heteroatoms. The van der Waals surface area contributed by atoms with Gasteiger partial charge in [0.05, 0.1) is 6.61 Å². The minimum Gasteiger partial charge on any atom is -0.508 e. The summed E-state index contributed by atoms with van der Waals surface area (Å²) in [7, 11) is 1.61. The summed E-state index contributed by atoms with van der Waals surface area (Å²) in [4.78, 5) is 13.9. The number of hydrogen-bond donors (Lipinski definition) is 1. The molecule has 0 saturated heterocycles. The molecule has 0 aliphatic carbocycles. The lowest BCUT2D eigenvalue weighted by Gasteiger charge is -2.26. The van der Waals surface area contributed by atoms with E-state index < -0.39 is 0 Å². The van der Waals surface area contributed by atoms with Gasteiger partial charge in [0.15, 0.2) is 0 Å². The highest BCUT2D eigenvalue weighted by Gasteiger charge is 2.18. The number of carbonyl (C=O) groups excluding carboxylic acids is 1. The second-order valence-electron chi connectivity index (χ2n) is 4.13. The minimum atomic E-state index is -0.0444. The van der Waals surface area contributed by atoms with Crippen molar-refractivity contribution >= 4 is 5.91 Å². The highest BCUT2D eigenvalue weighted by molar-refractivity contribution is 5.94. The Hall–Kier alpha value is -1.55. The van der Waals surface area contributed by atoms with Crippen molar-refractivity contribution in [3.63, 3.8) is 0 Å². The Kier molecular flexibility index (Phi) is 4.97. The van der Waals surface area contributed by atoms with E-state index in [1.807, 2.05) is 13.8 Å². The molecule has 0 bridgehead atoms. The molecule has 1 rings (SSSR count). The molecular formula is C13H19NO3. The maximum absolute atomic E-state index is 12.2. The number of phenolic OH excluding ortho intramolecular Hbond substituents is 1. The van der Waals surface area contributed by atoms with Gasteiger partial charge < -0.3 is 14.7 Å². The van der Waals surface area contributed by atoms with Crippen molar-refractivity contribution in [3.8, 4) is 5.75 Å². The number of rotatable bonds is 5. The molecule has 0 saturated carbocycles. The van der Waals surface area contributed by atoms with Crippen molar-refractivity contribution in [2.24, 2.45) is 0 Å². The molecule has 0 spiro atoms. The van der Waals surface area contributed by atoms with Crippen LogP contribution in [-0.2, 0) is 4.74 Å². The van der Waals surface area contributed by atoms with Crippen molar-refractivity contribution in [2.75, 3.05) is 20.3 Å². The van der Waals surface area contributed by atoms with Gasteiger partial charge in [-0.3, -0.25) is 4.79 Å². The number of hydrogen-bond acceptors (Lipinski definition) is 3. The van der Waals surface area contributed by atoms with Crippen LogP contribution in [0.2, 0.25) is 0 Å². The topological polar surface area (TPSA) is 49.8 Å². The molecule has 0 radical (unpaired) electrons. The van der Waals surface area contributed by atoms with Gasteiger partial charge in [-0.1, -0.05) is 0 Å². The molecule has 0 aliphatic rings. The van der Waals surface area contributed by atoms with Gasteiger partial charge in [0, 0.05) is 25.3 Å². The third-order valence-corrected chi connectivity index (χ3v) is 2.53. The van der Waals surface area contributed by atoms with Crippen LogP contribution in [0.5, 0.6) is 5.75 Å². The summed E-state index contributed by atoms with van der Waals surface area (Å²) < 4.78 is 4.99. The predicted octanol–water partition coefficient (Wildman–Crippen LogP) is 1.89. The van der Waals surface area contributed by atoms with Crippen LogP contribution in [0, 0.1) is 0 Å². The summed E-state index contributed by atoms with van der Waals surface area (Å²) in [6, 6.07) is 6.40. The standard InChI is InChI=1S/C13H19NO3/c1-10(2)14(8-9-17-3)13(16)11-4-6-12(15)7-5-11/h4-7,10,15H,8-9H2,1-3H3. The van der Waals surface area contributed by atoms with Gasteiger partial charge in [0.2, 0.25) is 0 Å². The fourth-order valence-electron chi connectivity index (χ4n) is 1.55. The van der Waals surface area contributed by atoms with Crippen LogP contribution >= 0.6 is 0 Å². The molecule has 0 aliphatic heterocycles. The summed E-state index contributed by atoms with van der Waals surface area (Å²) in [5.74, 6) is 0.117. The first-order valence-corrected chi connectivity index (χ1v) is 5.65. The largest absolute Gasteiger partial charge is 0.508 e. The molecule has 0 aromatic heterocycles. The zero-order chi connectivity index (χ0) is 12.8. The highest BCUT2D eigenvalue weighted by Crippen LogP contribution is 2.13. The lowest BCUT2D eigenvalue weighted by atomic mass is 10.1. The molecule has 4 nitrogen and oxygen atoms in total. The molecule has 1 amide bonds. The van der Waals surface area contributed by atoms with E-state index in [0.717, 1.165) is 0 Å². The average Bonchev–Trinajstić information content (AvgIpc) is 2.29. The Balaban J connectivity index is 2.80.